The first kappa shape index (κ1) is 13.9. The third-order valence-electron chi connectivity index (χ3n) is 8.57. The second kappa shape index (κ2) is 12.0. The Morgan fingerprint density at radius 1 is 0.333 bits per heavy atom. The van der Waals surface area contributed by atoms with Crippen LogP contribution in [0, 0.1) is 0 Å². The number of hydrogen-bond acceptors (Lipinski definition) is 1. The first-order chi connectivity index (χ1) is 35.3. The van der Waals surface area contributed by atoms with Crippen LogP contribution in [0.4, 0.5) is 0 Å². The molecule has 0 bridgehead atoms. The monoisotopic (exact) mass is 672 g/mol. The Balaban J connectivity index is 1.37. The van der Waals surface area contributed by atoms with Crippen molar-refractivity contribution in [2.24, 2.45) is 0 Å². The van der Waals surface area contributed by atoms with Gasteiger partial charge in [0.05, 0.1) is 32.9 Å². The third-order valence-corrected chi connectivity index (χ3v) is 8.57. The molecule has 1 aromatic heterocycles. The Morgan fingerprint density at radius 2 is 0.804 bits per heavy atom. The Labute approximate surface area is 330 Å². The van der Waals surface area contributed by atoms with E-state index in [9.17, 15) is 11.0 Å². The molecule has 0 aliphatic heterocycles. The summed E-state index contributed by atoms with van der Waals surface area (Å²) < 4.78 is 220. The van der Waals surface area contributed by atoms with Gasteiger partial charge < -0.3 is 4.42 Å². The van der Waals surface area contributed by atoms with Crippen molar-refractivity contribution in [2.75, 3.05) is 0 Å². The van der Waals surface area contributed by atoms with Crippen LogP contribution in [0.2, 0.25) is 0 Å². The third kappa shape index (κ3) is 4.86. The summed E-state index contributed by atoms with van der Waals surface area (Å²) in [7, 11) is 0. The summed E-state index contributed by atoms with van der Waals surface area (Å²) in [5.74, 6) is 0. The Hall–Kier alpha value is -6.70. The van der Waals surface area contributed by atoms with Gasteiger partial charge in [-0.15, -0.1) is 0 Å². The van der Waals surface area contributed by atoms with Gasteiger partial charge in [-0.25, -0.2) is 0 Å². The molecule has 1 heterocycles. The van der Waals surface area contributed by atoms with E-state index in [4.69, 9.17) is 26.3 Å². The topological polar surface area (TPSA) is 13.1 Å². The van der Waals surface area contributed by atoms with Gasteiger partial charge in [-0.05, 0) is 95.3 Å². The molecule has 9 aromatic carbocycles. The first-order valence-corrected chi connectivity index (χ1v) is 15.6. The standard InChI is InChI=1S/C50H32O/c1-3-14-33(15-4-1)35-26-28-36(29-27-35)38-18-7-8-19-39(38)48-40-20-9-11-22-42(40)49(43-23-12-10-21-41(43)48)44-24-13-25-47-50(44)45-32-37(30-31-46(45)51-47)34-16-5-2-6-17-34/h1-32H/i1D,2D,3D,4D,5D,6D,7D,8D,13D,14D,15D,16D,17D,18D,19D,24D,25D,26D,27D,28D,29D,30D,31D,32D. The van der Waals surface area contributed by atoms with E-state index < -0.39 is 190 Å². The minimum atomic E-state index is -0.881. The lowest BCUT2D eigenvalue weighted by Gasteiger charge is -2.20. The van der Waals surface area contributed by atoms with Crippen LogP contribution in [0.3, 0.4) is 0 Å². The van der Waals surface area contributed by atoms with E-state index in [-0.39, 0.29) is 54.6 Å². The number of furan rings is 1. The summed E-state index contributed by atoms with van der Waals surface area (Å²) in [6.07, 6.45) is 0. The normalized spacial score (nSPS) is 18.1. The van der Waals surface area contributed by atoms with E-state index in [1.54, 1.807) is 48.5 Å². The van der Waals surface area contributed by atoms with Gasteiger partial charge in [0, 0.05) is 10.8 Å². The van der Waals surface area contributed by atoms with Gasteiger partial charge in [0.25, 0.3) is 0 Å². The summed E-state index contributed by atoms with van der Waals surface area (Å²) in [4.78, 5) is 0. The zero-order chi connectivity index (χ0) is 54.6. The Bertz CT molecular complexity index is 4150. The van der Waals surface area contributed by atoms with Crippen molar-refractivity contribution < 1.29 is 37.3 Å². The zero-order valence-electron chi connectivity index (χ0n) is 50.0. The van der Waals surface area contributed by atoms with Crippen molar-refractivity contribution in [2.45, 2.75) is 0 Å². The number of benzene rings is 9. The van der Waals surface area contributed by atoms with Gasteiger partial charge in [-0.2, -0.15) is 0 Å². The van der Waals surface area contributed by atoms with Crippen LogP contribution >= 0.6 is 0 Å². The van der Waals surface area contributed by atoms with Crippen LogP contribution in [-0.2, 0) is 0 Å². The highest BCUT2D eigenvalue weighted by Gasteiger charge is 2.21. The molecular weight excluding hydrogens is 617 g/mol. The van der Waals surface area contributed by atoms with Crippen LogP contribution in [0.5, 0.6) is 0 Å². The maximum absolute atomic E-state index is 9.65. The largest absolute Gasteiger partial charge is 0.456 e. The van der Waals surface area contributed by atoms with E-state index in [1.165, 1.54) is 0 Å². The Morgan fingerprint density at radius 3 is 1.43 bits per heavy atom. The maximum atomic E-state index is 9.65. The van der Waals surface area contributed by atoms with Gasteiger partial charge in [-0.3, -0.25) is 0 Å². The lowest BCUT2D eigenvalue weighted by atomic mass is 9.83. The molecule has 10 aromatic rings. The minimum absolute atomic E-state index is 0.0542. The van der Waals surface area contributed by atoms with Gasteiger partial charge >= 0.3 is 0 Å². The maximum Gasteiger partial charge on any atom is 0.136 e. The van der Waals surface area contributed by atoms with E-state index >= 15 is 0 Å². The molecule has 238 valence electrons. The SMILES string of the molecule is [2H]c1c([2H])c([2H])c(-c2c([2H])c([2H])c(-c3c([2H])c([2H])c([2H])c([2H])c3-c3c4ccccc4c(-c4c([2H])c([2H])c([2H])c5oc6c([2H])c([2H])c(-c7c([2H])c([2H])c([2H])c([2H])c7[2H])c([2H])c6c45)c4ccccc34)c([2H])c2[2H])c([2H])c1[2H]. The molecule has 0 spiro atoms. The second-order valence-corrected chi connectivity index (χ2v) is 11.4. The van der Waals surface area contributed by atoms with Crippen molar-refractivity contribution in [1.82, 2.24) is 0 Å². The second-order valence-electron chi connectivity index (χ2n) is 11.4. The summed E-state index contributed by atoms with van der Waals surface area (Å²) in [5, 5.41) is 0.315. The van der Waals surface area contributed by atoms with Crippen LogP contribution in [-0.4, -0.2) is 0 Å². The molecule has 1 nitrogen and oxygen atoms in total. The fourth-order valence-corrected chi connectivity index (χ4v) is 6.43. The molecule has 0 atom stereocenters. The molecule has 0 aliphatic rings. The molecule has 1 heteroatoms. The molecule has 51 heavy (non-hydrogen) atoms. The lowest BCUT2D eigenvalue weighted by Crippen LogP contribution is -1.93. The van der Waals surface area contributed by atoms with Gasteiger partial charge in [0.2, 0.25) is 0 Å². The van der Waals surface area contributed by atoms with Gasteiger partial charge in [-0.1, -0.05) is 175 Å². The predicted octanol–water partition coefficient (Wildman–Crippen LogP) is 14.2. The lowest BCUT2D eigenvalue weighted by molar-refractivity contribution is 0.669. The van der Waals surface area contributed by atoms with Crippen molar-refractivity contribution in [3.63, 3.8) is 0 Å². The summed E-state index contributed by atoms with van der Waals surface area (Å²) >= 11 is 0. The average Bonchev–Trinajstić information content (AvgIpc) is 3.81. The highest BCUT2D eigenvalue weighted by atomic mass is 16.3. The van der Waals surface area contributed by atoms with Gasteiger partial charge in [0.1, 0.15) is 11.2 Å². The molecule has 0 radical (unpaired) electrons. The van der Waals surface area contributed by atoms with Crippen LogP contribution < -0.4 is 0 Å². The number of hydrogen-bond donors (Lipinski definition) is 0. The average molecular weight is 673 g/mol. The molecular formula is C50H32O. The number of rotatable bonds is 5. The van der Waals surface area contributed by atoms with Crippen LogP contribution in [0.15, 0.2) is 198 Å². The molecule has 0 N–H and O–H groups in total. The highest BCUT2D eigenvalue weighted by Crippen LogP contribution is 2.48. The summed E-state index contributed by atoms with van der Waals surface area (Å²) in [6.45, 7) is 0. The molecule has 0 amide bonds. The van der Waals surface area contributed by atoms with E-state index in [1.807, 2.05) is 0 Å². The Kier molecular flexibility index (Phi) is 3.27. The van der Waals surface area contributed by atoms with Crippen LogP contribution in [0.1, 0.15) is 32.9 Å². The van der Waals surface area contributed by atoms with Crippen molar-refractivity contribution in [3.05, 3.63) is 194 Å². The highest BCUT2D eigenvalue weighted by molar-refractivity contribution is 6.26. The summed E-state index contributed by atoms with van der Waals surface area (Å²) in [6, 6.07) is -5.72. The zero-order valence-corrected chi connectivity index (χ0v) is 26.0. The fourth-order valence-electron chi connectivity index (χ4n) is 6.43. The molecule has 0 unspecified atom stereocenters. The molecule has 0 saturated carbocycles. The molecule has 0 aliphatic carbocycles. The van der Waals surface area contributed by atoms with Crippen molar-refractivity contribution >= 4 is 43.5 Å². The summed E-state index contributed by atoms with van der Waals surface area (Å²) in [5.41, 5.74) is -4.63. The molecule has 0 fully saturated rings. The molecule has 10 rings (SSSR count). The van der Waals surface area contributed by atoms with Gasteiger partial charge in [0.15, 0.2) is 0 Å². The first-order valence-electron chi connectivity index (χ1n) is 27.6. The van der Waals surface area contributed by atoms with E-state index in [0.717, 1.165) is 0 Å². The smallest absolute Gasteiger partial charge is 0.136 e. The quantitative estimate of drug-likeness (QED) is 0.166. The number of fused-ring (bicyclic) bond motifs is 5. The van der Waals surface area contributed by atoms with Crippen molar-refractivity contribution in [1.29, 1.82) is 0 Å². The predicted molar refractivity (Wildman–Crippen MR) is 216 cm³/mol. The van der Waals surface area contributed by atoms with E-state index in [2.05, 4.69) is 0 Å². The minimum Gasteiger partial charge on any atom is -0.456 e. The van der Waals surface area contributed by atoms with E-state index in [0.29, 0.717) is 0 Å². The van der Waals surface area contributed by atoms with Crippen LogP contribution in [0.25, 0.3) is 99.1 Å². The molecule has 0 saturated heterocycles. The van der Waals surface area contributed by atoms with Crippen molar-refractivity contribution in [3.8, 4) is 55.6 Å². The fraction of sp³-hybridized carbons (Fsp3) is 0.